The zero-order chi connectivity index (χ0) is 22.0. The van der Waals surface area contributed by atoms with Crippen LogP contribution in [0.4, 0.5) is 5.69 Å². The van der Waals surface area contributed by atoms with Gasteiger partial charge in [-0.25, -0.2) is 4.68 Å². The molecule has 31 heavy (non-hydrogen) atoms. The van der Waals surface area contributed by atoms with Gasteiger partial charge < -0.3 is 10.6 Å². The molecule has 2 N–H and O–H groups in total. The van der Waals surface area contributed by atoms with Gasteiger partial charge in [-0.1, -0.05) is 37.6 Å². The highest BCUT2D eigenvalue weighted by Crippen LogP contribution is 2.36. The number of rotatable bonds is 7. The van der Waals surface area contributed by atoms with E-state index in [2.05, 4.69) is 26.2 Å². The number of nitrogens with one attached hydrogen (secondary N) is 2. The first-order valence-corrected chi connectivity index (χ1v) is 10.6. The SMILES string of the molecule is CC(C)C(NC(=O)c1ccccc1Cl)C(=O)Nc1ccc(-c2nnnn2C2CC2)cc1. The molecule has 9 heteroatoms. The molecule has 1 heterocycles. The number of tetrazole rings is 1. The van der Waals surface area contributed by atoms with Crippen molar-refractivity contribution in [1.29, 1.82) is 0 Å². The van der Waals surface area contributed by atoms with E-state index in [0.717, 1.165) is 18.4 Å². The third kappa shape index (κ3) is 4.74. The van der Waals surface area contributed by atoms with E-state index in [1.54, 1.807) is 36.4 Å². The molecule has 1 saturated carbocycles. The number of hydrogen-bond acceptors (Lipinski definition) is 5. The van der Waals surface area contributed by atoms with Crippen molar-refractivity contribution in [3.05, 3.63) is 59.1 Å². The number of carbonyl (C=O) groups is 2. The summed E-state index contributed by atoms with van der Waals surface area (Å²) in [7, 11) is 0. The lowest BCUT2D eigenvalue weighted by molar-refractivity contribution is -0.118. The first kappa shape index (κ1) is 21.0. The minimum atomic E-state index is -0.717. The lowest BCUT2D eigenvalue weighted by Crippen LogP contribution is -2.47. The van der Waals surface area contributed by atoms with E-state index in [1.165, 1.54) is 0 Å². The van der Waals surface area contributed by atoms with Crippen molar-refractivity contribution in [3.63, 3.8) is 0 Å². The van der Waals surface area contributed by atoms with Crippen LogP contribution in [0.1, 0.15) is 43.1 Å². The number of aromatic nitrogens is 4. The highest BCUT2D eigenvalue weighted by atomic mass is 35.5. The molecule has 1 aliphatic rings. The molecule has 2 amide bonds. The number of nitrogens with zero attached hydrogens (tertiary/aromatic N) is 4. The monoisotopic (exact) mass is 438 g/mol. The maximum absolute atomic E-state index is 12.9. The number of carbonyl (C=O) groups excluding carboxylic acids is 2. The topological polar surface area (TPSA) is 102 Å². The minimum absolute atomic E-state index is 0.117. The fraction of sp³-hybridized carbons (Fsp3) is 0.318. The lowest BCUT2D eigenvalue weighted by atomic mass is 10.0. The zero-order valence-electron chi connectivity index (χ0n) is 17.2. The molecular weight excluding hydrogens is 416 g/mol. The van der Waals surface area contributed by atoms with E-state index < -0.39 is 6.04 Å². The summed E-state index contributed by atoms with van der Waals surface area (Å²) in [6.07, 6.45) is 2.17. The maximum Gasteiger partial charge on any atom is 0.253 e. The largest absolute Gasteiger partial charge is 0.340 e. The average molecular weight is 439 g/mol. The third-order valence-electron chi connectivity index (χ3n) is 5.15. The predicted molar refractivity (Wildman–Crippen MR) is 118 cm³/mol. The molecule has 0 radical (unpaired) electrons. The highest BCUT2D eigenvalue weighted by Gasteiger charge is 2.28. The van der Waals surface area contributed by atoms with Crippen LogP contribution in [0.5, 0.6) is 0 Å². The summed E-state index contributed by atoms with van der Waals surface area (Å²) < 4.78 is 1.84. The number of anilines is 1. The van der Waals surface area contributed by atoms with Gasteiger partial charge in [0.1, 0.15) is 6.04 Å². The van der Waals surface area contributed by atoms with Crippen LogP contribution in [-0.2, 0) is 4.79 Å². The van der Waals surface area contributed by atoms with Crippen molar-refractivity contribution in [2.24, 2.45) is 5.92 Å². The van der Waals surface area contributed by atoms with Crippen molar-refractivity contribution >= 4 is 29.1 Å². The van der Waals surface area contributed by atoms with Crippen molar-refractivity contribution in [2.75, 3.05) is 5.32 Å². The Kier molecular flexibility index (Phi) is 5.99. The Bertz CT molecular complexity index is 1090. The summed E-state index contributed by atoms with van der Waals surface area (Å²) in [5, 5.41) is 18.0. The summed E-state index contributed by atoms with van der Waals surface area (Å²) in [5.74, 6) is -0.0889. The maximum atomic E-state index is 12.9. The summed E-state index contributed by atoms with van der Waals surface area (Å²) in [6, 6.07) is 13.7. The Morgan fingerprint density at radius 2 is 1.81 bits per heavy atom. The van der Waals surface area contributed by atoms with Crippen molar-refractivity contribution in [3.8, 4) is 11.4 Å². The molecule has 0 aliphatic heterocycles. The molecule has 8 nitrogen and oxygen atoms in total. The summed E-state index contributed by atoms with van der Waals surface area (Å²) in [4.78, 5) is 25.5. The third-order valence-corrected chi connectivity index (χ3v) is 5.48. The summed E-state index contributed by atoms with van der Waals surface area (Å²) >= 11 is 6.11. The molecule has 1 aromatic heterocycles. The molecule has 3 aromatic rings. The molecule has 1 atom stereocenters. The number of amides is 2. The molecule has 1 aliphatic carbocycles. The Balaban J connectivity index is 1.44. The fourth-order valence-corrected chi connectivity index (χ4v) is 3.49. The van der Waals surface area contributed by atoms with Gasteiger partial charge in [-0.15, -0.1) is 5.10 Å². The normalized spacial score (nSPS) is 14.3. The molecule has 1 unspecified atom stereocenters. The first-order valence-electron chi connectivity index (χ1n) is 10.2. The van der Waals surface area contributed by atoms with Gasteiger partial charge in [0.2, 0.25) is 5.91 Å². The van der Waals surface area contributed by atoms with Crippen LogP contribution < -0.4 is 10.6 Å². The molecule has 160 valence electrons. The average Bonchev–Trinajstić information content (AvgIpc) is 3.49. The number of hydrogen-bond donors (Lipinski definition) is 2. The Labute approximate surface area is 185 Å². The first-order chi connectivity index (χ1) is 14.9. The van der Waals surface area contributed by atoms with E-state index in [9.17, 15) is 9.59 Å². The quantitative estimate of drug-likeness (QED) is 0.585. The van der Waals surface area contributed by atoms with Gasteiger partial charge in [-0.05, 0) is 65.6 Å². The lowest BCUT2D eigenvalue weighted by Gasteiger charge is -2.22. The van der Waals surface area contributed by atoms with Gasteiger partial charge in [0.05, 0.1) is 16.6 Å². The van der Waals surface area contributed by atoms with Crippen LogP contribution in [0, 0.1) is 5.92 Å². The molecule has 0 saturated heterocycles. The molecule has 0 spiro atoms. The fourth-order valence-electron chi connectivity index (χ4n) is 3.27. The zero-order valence-corrected chi connectivity index (χ0v) is 18.0. The second-order valence-corrected chi connectivity index (χ2v) is 8.33. The molecular formula is C22H23ClN6O2. The van der Waals surface area contributed by atoms with Crippen LogP contribution in [-0.4, -0.2) is 38.1 Å². The van der Waals surface area contributed by atoms with Crippen molar-refractivity contribution < 1.29 is 9.59 Å². The van der Waals surface area contributed by atoms with Crippen LogP contribution in [0.15, 0.2) is 48.5 Å². The second-order valence-electron chi connectivity index (χ2n) is 7.92. The van der Waals surface area contributed by atoms with E-state index in [1.807, 2.05) is 30.7 Å². The van der Waals surface area contributed by atoms with E-state index in [0.29, 0.717) is 28.1 Å². The molecule has 0 bridgehead atoms. The van der Waals surface area contributed by atoms with Gasteiger partial charge in [0.25, 0.3) is 5.91 Å². The van der Waals surface area contributed by atoms with Crippen molar-refractivity contribution in [2.45, 2.75) is 38.8 Å². The predicted octanol–water partition coefficient (Wildman–Crippen LogP) is 3.72. The Morgan fingerprint density at radius 1 is 1.10 bits per heavy atom. The van der Waals surface area contributed by atoms with Crippen LogP contribution in [0.25, 0.3) is 11.4 Å². The van der Waals surface area contributed by atoms with E-state index in [4.69, 9.17) is 11.6 Å². The highest BCUT2D eigenvalue weighted by molar-refractivity contribution is 6.33. The minimum Gasteiger partial charge on any atom is -0.340 e. The second kappa shape index (κ2) is 8.85. The summed E-state index contributed by atoms with van der Waals surface area (Å²) in [5.41, 5.74) is 1.83. The standard InChI is InChI=1S/C22H23ClN6O2/c1-13(2)19(25-21(30)17-5-3-4-6-18(17)23)22(31)24-15-9-7-14(8-10-15)20-26-27-28-29(20)16-11-12-16/h3-10,13,16,19H,11-12H2,1-2H3,(H,24,31)(H,25,30). The van der Waals surface area contributed by atoms with Crippen LogP contribution in [0.2, 0.25) is 5.02 Å². The van der Waals surface area contributed by atoms with Crippen LogP contribution >= 0.6 is 11.6 Å². The molecule has 2 aromatic carbocycles. The number of benzene rings is 2. The van der Waals surface area contributed by atoms with Crippen LogP contribution in [0.3, 0.4) is 0 Å². The number of halogens is 1. The molecule has 1 fully saturated rings. The Hall–Kier alpha value is -3.26. The summed E-state index contributed by atoms with van der Waals surface area (Å²) in [6.45, 7) is 3.75. The molecule has 4 rings (SSSR count). The van der Waals surface area contributed by atoms with E-state index >= 15 is 0 Å². The van der Waals surface area contributed by atoms with Crippen molar-refractivity contribution in [1.82, 2.24) is 25.5 Å². The van der Waals surface area contributed by atoms with Gasteiger partial charge in [-0.3, -0.25) is 9.59 Å². The van der Waals surface area contributed by atoms with E-state index in [-0.39, 0.29) is 17.7 Å². The van der Waals surface area contributed by atoms with Gasteiger partial charge in [0.15, 0.2) is 5.82 Å². The Morgan fingerprint density at radius 3 is 2.45 bits per heavy atom. The van der Waals surface area contributed by atoms with Gasteiger partial charge in [0, 0.05) is 11.3 Å². The smallest absolute Gasteiger partial charge is 0.253 e. The van der Waals surface area contributed by atoms with Gasteiger partial charge >= 0.3 is 0 Å². The van der Waals surface area contributed by atoms with Gasteiger partial charge in [-0.2, -0.15) is 0 Å².